The summed E-state index contributed by atoms with van der Waals surface area (Å²) in [6.07, 6.45) is 1.94. The molecular formula is C21H21N5. The molecule has 1 fully saturated rings. The van der Waals surface area contributed by atoms with Crippen molar-refractivity contribution in [2.75, 3.05) is 13.1 Å². The molecule has 0 saturated heterocycles. The summed E-state index contributed by atoms with van der Waals surface area (Å²) < 4.78 is 0. The number of hydrogen-bond acceptors (Lipinski definition) is 5. The number of hydrogen-bond donors (Lipinski definition) is 1. The Bertz CT molecular complexity index is 848. The summed E-state index contributed by atoms with van der Waals surface area (Å²) in [6.45, 7) is 5.57. The van der Waals surface area contributed by atoms with Crippen LogP contribution in [0.1, 0.15) is 25.3 Å². The summed E-state index contributed by atoms with van der Waals surface area (Å²) in [7, 11) is 0. The van der Waals surface area contributed by atoms with Crippen molar-refractivity contribution in [3.63, 3.8) is 0 Å². The first-order chi connectivity index (χ1) is 12.5. The van der Waals surface area contributed by atoms with Gasteiger partial charge in [-0.3, -0.25) is 4.90 Å². The number of nitrogens with one attached hydrogen (secondary N) is 1. The van der Waals surface area contributed by atoms with E-state index in [-0.39, 0.29) is 17.5 Å². The van der Waals surface area contributed by atoms with E-state index < -0.39 is 11.3 Å². The van der Waals surface area contributed by atoms with E-state index in [0.717, 1.165) is 5.56 Å². The van der Waals surface area contributed by atoms with E-state index in [9.17, 15) is 15.8 Å². The zero-order valence-electron chi connectivity index (χ0n) is 15.0. The van der Waals surface area contributed by atoms with Gasteiger partial charge in [-0.2, -0.15) is 15.8 Å². The molecule has 1 aliphatic heterocycles. The van der Waals surface area contributed by atoms with Crippen LogP contribution in [-0.4, -0.2) is 29.7 Å². The molecule has 1 aromatic carbocycles. The lowest BCUT2D eigenvalue weighted by Gasteiger charge is -2.48. The minimum atomic E-state index is -1.63. The second kappa shape index (κ2) is 6.75. The summed E-state index contributed by atoms with van der Waals surface area (Å²) >= 11 is 0. The van der Waals surface area contributed by atoms with Gasteiger partial charge in [-0.05, 0) is 25.0 Å². The summed E-state index contributed by atoms with van der Waals surface area (Å²) in [5.74, 6) is -1.14. The Labute approximate surface area is 154 Å². The van der Waals surface area contributed by atoms with Crippen LogP contribution in [-0.2, 0) is 0 Å². The average molecular weight is 343 g/mol. The topological polar surface area (TPSA) is 98.5 Å². The van der Waals surface area contributed by atoms with Gasteiger partial charge >= 0.3 is 0 Å². The molecule has 5 nitrogen and oxygen atoms in total. The molecule has 0 radical (unpaired) electrons. The fourth-order valence-corrected chi connectivity index (χ4v) is 4.27. The van der Waals surface area contributed by atoms with Crippen molar-refractivity contribution in [3.8, 4) is 18.2 Å². The summed E-state index contributed by atoms with van der Waals surface area (Å²) in [6, 6.07) is 16.4. The van der Waals surface area contributed by atoms with Gasteiger partial charge in [0, 0.05) is 31.0 Å². The Hall–Kier alpha value is -2.94. The first kappa shape index (κ1) is 17.9. The van der Waals surface area contributed by atoms with Gasteiger partial charge in [-0.1, -0.05) is 36.4 Å². The predicted molar refractivity (Wildman–Crippen MR) is 98.0 cm³/mol. The molecule has 26 heavy (non-hydrogen) atoms. The molecule has 1 aromatic rings. The Morgan fingerprint density at radius 1 is 1.15 bits per heavy atom. The highest BCUT2D eigenvalue weighted by Gasteiger charge is 2.56. The Morgan fingerprint density at radius 2 is 1.81 bits per heavy atom. The smallest absolute Gasteiger partial charge is 0.203 e. The van der Waals surface area contributed by atoms with Gasteiger partial charge in [0.05, 0.1) is 29.8 Å². The molecule has 1 heterocycles. The van der Waals surface area contributed by atoms with Crippen LogP contribution in [0.4, 0.5) is 0 Å². The highest BCUT2D eigenvalue weighted by Crippen LogP contribution is 2.52. The van der Waals surface area contributed by atoms with Crippen LogP contribution in [0.25, 0.3) is 0 Å². The van der Waals surface area contributed by atoms with Gasteiger partial charge in [0.2, 0.25) is 5.41 Å². The Morgan fingerprint density at radius 3 is 2.35 bits per heavy atom. The van der Waals surface area contributed by atoms with Gasteiger partial charge in [0.25, 0.3) is 0 Å². The van der Waals surface area contributed by atoms with E-state index in [4.69, 9.17) is 5.41 Å². The monoisotopic (exact) mass is 343 g/mol. The fourth-order valence-electron chi connectivity index (χ4n) is 4.27. The maximum atomic E-state index is 9.84. The second-order valence-electron chi connectivity index (χ2n) is 7.24. The summed E-state index contributed by atoms with van der Waals surface area (Å²) in [4.78, 5) is 2.28. The highest BCUT2D eigenvalue weighted by molar-refractivity contribution is 6.01. The maximum Gasteiger partial charge on any atom is 0.203 e. The van der Waals surface area contributed by atoms with Crippen LogP contribution < -0.4 is 0 Å². The quantitative estimate of drug-likeness (QED) is 0.833. The molecule has 5 heteroatoms. The molecule has 0 bridgehead atoms. The number of rotatable bonds is 2. The first-order valence-electron chi connectivity index (χ1n) is 8.80. The van der Waals surface area contributed by atoms with E-state index in [0.29, 0.717) is 24.7 Å². The van der Waals surface area contributed by atoms with E-state index in [1.165, 1.54) is 0 Å². The number of nitriles is 3. The third-order valence-electron chi connectivity index (χ3n) is 5.71. The van der Waals surface area contributed by atoms with Gasteiger partial charge < -0.3 is 5.41 Å². The molecule has 1 N–H and O–H groups in total. The summed E-state index contributed by atoms with van der Waals surface area (Å²) in [5, 5.41) is 38.0. The van der Waals surface area contributed by atoms with Gasteiger partial charge in [-0.25, -0.2) is 0 Å². The molecular weight excluding hydrogens is 322 g/mol. The van der Waals surface area contributed by atoms with Crippen molar-refractivity contribution in [1.29, 1.82) is 21.2 Å². The maximum absolute atomic E-state index is 9.84. The third-order valence-corrected chi connectivity index (χ3v) is 5.71. The van der Waals surface area contributed by atoms with E-state index >= 15 is 0 Å². The van der Waals surface area contributed by atoms with Crippen LogP contribution in [0.3, 0.4) is 0 Å². The van der Waals surface area contributed by atoms with Crippen LogP contribution in [0, 0.1) is 56.7 Å². The minimum absolute atomic E-state index is 0.0839. The number of benzene rings is 1. The Kier molecular flexibility index (Phi) is 4.64. The molecule has 3 rings (SSSR count). The SMILES string of the molecule is CC(C)N1CC=C2[C@H](C1)[C@H](c1ccccc1)[C@H](C#N)C(=N)C2(C#N)C#N. The third kappa shape index (κ3) is 2.51. The molecule has 0 unspecified atom stereocenters. The van der Waals surface area contributed by atoms with Crippen molar-refractivity contribution in [2.45, 2.75) is 25.8 Å². The second-order valence-corrected chi connectivity index (χ2v) is 7.24. The van der Waals surface area contributed by atoms with Crippen molar-refractivity contribution in [2.24, 2.45) is 17.3 Å². The zero-order chi connectivity index (χ0) is 18.9. The first-order valence-corrected chi connectivity index (χ1v) is 8.80. The van der Waals surface area contributed by atoms with Crippen LogP contribution >= 0.6 is 0 Å². The summed E-state index contributed by atoms with van der Waals surface area (Å²) in [5.41, 5.74) is -0.0294. The molecule has 0 aromatic heterocycles. The van der Waals surface area contributed by atoms with E-state index in [1.54, 1.807) is 0 Å². The van der Waals surface area contributed by atoms with Gasteiger partial charge in [0.15, 0.2) is 0 Å². The standard InChI is InChI=1S/C21H21N5/c1-14(2)26-9-8-18-17(11-26)19(15-6-4-3-5-7-15)16(10-22)20(25)21(18,12-23)13-24/h3-8,14,16-17,19,25H,9,11H2,1-2H3/t16-,17-,19+/m0/s1. The normalized spacial score (nSPS) is 27.6. The highest BCUT2D eigenvalue weighted by atomic mass is 15.2. The predicted octanol–water partition coefficient (Wildman–Crippen LogP) is 3.24. The van der Waals surface area contributed by atoms with Gasteiger partial charge in [0.1, 0.15) is 0 Å². The molecule has 0 amide bonds. The average Bonchev–Trinajstić information content (AvgIpc) is 2.67. The number of fused-ring (bicyclic) bond motifs is 1. The lowest BCUT2D eigenvalue weighted by molar-refractivity contribution is 0.175. The fraction of sp³-hybridized carbons (Fsp3) is 0.429. The largest absolute Gasteiger partial charge is 0.305 e. The molecule has 3 atom stereocenters. The Balaban J connectivity index is 2.21. The lowest BCUT2D eigenvalue weighted by atomic mass is 9.55. The van der Waals surface area contributed by atoms with Crippen LogP contribution in [0.2, 0.25) is 0 Å². The molecule has 2 aliphatic rings. The molecule has 130 valence electrons. The van der Waals surface area contributed by atoms with Gasteiger partial charge in [-0.15, -0.1) is 0 Å². The van der Waals surface area contributed by atoms with Crippen LogP contribution in [0.15, 0.2) is 42.0 Å². The van der Waals surface area contributed by atoms with Crippen LogP contribution in [0.5, 0.6) is 0 Å². The van der Waals surface area contributed by atoms with E-state index in [2.05, 4.69) is 37.0 Å². The zero-order valence-corrected chi connectivity index (χ0v) is 15.0. The van der Waals surface area contributed by atoms with Crippen molar-refractivity contribution < 1.29 is 0 Å². The lowest BCUT2D eigenvalue weighted by Crippen LogP contribution is -2.53. The molecule has 1 saturated carbocycles. The van der Waals surface area contributed by atoms with Crippen molar-refractivity contribution >= 4 is 5.71 Å². The minimum Gasteiger partial charge on any atom is -0.305 e. The van der Waals surface area contributed by atoms with Crippen molar-refractivity contribution in [3.05, 3.63) is 47.5 Å². The van der Waals surface area contributed by atoms with Crippen molar-refractivity contribution in [1.82, 2.24) is 4.90 Å². The molecule has 0 spiro atoms. The number of nitrogens with zero attached hydrogens (tertiary/aromatic N) is 4. The molecule has 1 aliphatic carbocycles. The van der Waals surface area contributed by atoms with E-state index in [1.807, 2.05) is 36.4 Å².